The molecule has 2 aromatic rings. The molecule has 0 radical (unpaired) electrons. The van der Waals surface area contributed by atoms with Gasteiger partial charge in [0, 0.05) is 29.3 Å². The van der Waals surface area contributed by atoms with E-state index in [9.17, 15) is 18.0 Å². The van der Waals surface area contributed by atoms with Gasteiger partial charge in [-0.3, -0.25) is 4.79 Å². The molecule has 0 unspecified atom stereocenters. The van der Waals surface area contributed by atoms with Crippen LogP contribution in [0.15, 0.2) is 45.3 Å². The number of benzene rings is 2. The van der Waals surface area contributed by atoms with E-state index in [1.165, 1.54) is 0 Å². The molecular weight excluding hydrogens is 517 g/mol. The number of likely N-dealkylation sites (tertiary alicyclic amines) is 1. The number of amides is 1. The van der Waals surface area contributed by atoms with Gasteiger partial charge in [-0.15, -0.1) is 0 Å². The van der Waals surface area contributed by atoms with E-state index >= 15 is 0 Å². The third-order valence-corrected chi connectivity index (χ3v) is 7.26. The Morgan fingerprint density at radius 3 is 2.69 bits per heavy atom. The lowest BCUT2D eigenvalue weighted by Gasteiger charge is -2.46. The van der Waals surface area contributed by atoms with Crippen molar-refractivity contribution in [1.82, 2.24) is 4.90 Å². The molecule has 5 rings (SSSR count). The zero-order chi connectivity index (χ0) is 20.7. The predicted molar refractivity (Wildman–Crippen MR) is 108 cm³/mol. The van der Waals surface area contributed by atoms with Crippen LogP contribution in [0, 0.1) is 0 Å². The average Bonchev–Trinajstić information content (AvgIpc) is 3.17. The number of nitrogens with zero attached hydrogens (tertiary/aromatic N) is 2. The molecule has 3 aliphatic heterocycles. The molecule has 1 saturated heterocycles. The monoisotopic (exact) mass is 530 g/mol. The van der Waals surface area contributed by atoms with Crippen LogP contribution in [0.3, 0.4) is 0 Å². The first-order valence-corrected chi connectivity index (χ1v) is 10.6. The zero-order valence-electron chi connectivity index (χ0n) is 15.1. The van der Waals surface area contributed by atoms with Gasteiger partial charge >= 0.3 is 12.1 Å². The highest BCUT2D eigenvalue weighted by Gasteiger charge is 2.66. The number of carbonyl (C=O) groups is 1. The fourth-order valence-electron chi connectivity index (χ4n) is 5.20. The van der Waals surface area contributed by atoms with Crippen LogP contribution in [0.4, 0.5) is 18.9 Å². The smallest absolute Gasteiger partial charge is 0.468 e. The van der Waals surface area contributed by atoms with Crippen LogP contribution < -0.4 is 9.64 Å². The average molecular weight is 532 g/mol. The fraction of sp³-hybridized carbons (Fsp3) is 0.350. The first kappa shape index (κ1) is 19.2. The van der Waals surface area contributed by atoms with Crippen LogP contribution in [0.5, 0.6) is 5.75 Å². The molecule has 152 valence electrons. The van der Waals surface area contributed by atoms with Crippen LogP contribution in [-0.4, -0.2) is 36.8 Å². The first-order chi connectivity index (χ1) is 13.7. The van der Waals surface area contributed by atoms with Crippen LogP contribution in [-0.2, 0) is 10.2 Å². The maximum Gasteiger partial charge on any atom is 0.471 e. The van der Waals surface area contributed by atoms with Crippen LogP contribution in [0.2, 0.25) is 0 Å². The topological polar surface area (TPSA) is 32.8 Å². The number of carbonyl (C=O) groups excluding carboxylic acids is 1. The van der Waals surface area contributed by atoms with Crippen molar-refractivity contribution in [3.8, 4) is 5.75 Å². The molecule has 2 aromatic carbocycles. The Labute approximate surface area is 181 Å². The molecule has 3 atom stereocenters. The second kappa shape index (κ2) is 6.14. The third kappa shape index (κ3) is 2.46. The molecule has 4 nitrogen and oxygen atoms in total. The number of anilines is 1. The molecule has 3 aliphatic rings. The van der Waals surface area contributed by atoms with Crippen molar-refractivity contribution in [1.29, 1.82) is 0 Å². The molecule has 29 heavy (non-hydrogen) atoms. The summed E-state index contributed by atoms with van der Waals surface area (Å²) in [6.07, 6.45) is -5.07. The third-order valence-electron chi connectivity index (χ3n) is 6.21. The Morgan fingerprint density at radius 1 is 1.24 bits per heavy atom. The van der Waals surface area contributed by atoms with Crippen molar-refractivity contribution in [3.63, 3.8) is 0 Å². The van der Waals surface area contributed by atoms with Gasteiger partial charge in [-0.25, -0.2) is 0 Å². The van der Waals surface area contributed by atoms with Crippen molar-refractivity contribution >= 4 is 43.5 Å². The van der Waals surface area contributed by atoms with Crippen molar-refractivity contribution in [2.75, 3.05) is 18.5 Å². The van der Waals surface area contributed by atoms with E-state index in [1.807, 2.05) is 36.2 Å². The highest BCUT2D eigenvalue weighted by Crippen LogP contribution is 2.63. The summed E-state index contributed by atoms with van der Waals surface area (Å²) in [6, 6.07) is 10.4. The number of para-hydroxylation sites is 1. The van der Waals surface area contributed by atoms with Gasteiger partial charge in [0.1, 0.15) is 5.75 Å². The summed E-state index contributed by atoms with van der Waals surface area (Å²) in [7, 11) is 1.88. The van der Waals surface area contributed by atoms with Gasteiger partial charge in [-0.2, -0.15) is 13.2 Å². The summed E-state index contributed by atoms with van der Waals surface area (Å²) in [6.45, 7) is 0.00855. The number of likely N-dealkylation sites (N-methyl/N-ethyl adjacent to an activating group) is 1. The SMILES string of the molecule is CN1c2ccccc2[C@]23CCN(C(=O)C(F)(F)F)[C@H]2c2cc(Br)cc(Br)c2O[C@H]13. The summed E-state index contributed by atoms with van der Waals surface area (Å²) >= 11 is 6.90. The molecule has 1 amide bonds. The van der Waals surface area contributed by atoms with E-state index in [-0.39, 0.29) is 6.54 Å². The van der Waals surface area contributed by atoms with Gasteiger partial charge < -0.3 is 14.5 Å². The van der Waals surface area contributed by atoms with E-state index in [0.717, 1.165) is 16.2 Å². The number of hydrogen-bond acceptors (Lipinski definition) is 3. The lowest BCUT2D eigenvalue weighted by atomic mass is 9.70. The molecule has 0 aliphatic carbocycles. The lowest BCUT2D eigenvalue weighted by molar-refractivity contribution is -0.187. The quantitative estimate of drug-likeness (QED) is 0.471. The Hall–Kier alpha value is -1.74. The second-order valence-corrected chi connectivity index (χ2v) is 9.36. The van der Waals surface area contributed by atoms with Crippen molar-refractivity contribution in [2.45, 2.75) is 30.3 Å². The summed E-state index contributed by atoms with van der Waals surface area (Å²) in [5.74, 6) is -1.34. The number of fused-ring (bicyclic) bond motifs is 3. The molecule has 0 saturated carbocycles. The van der Waals surface area contributed by atoms with Crippen molar-refractivity contribution in [2.24, 2.45) is 0 Å². The molecule has 1 fully saturated rings. The summed E-state index contributed by atoms with van der Waals surface area (Å²) in [5, 5.41) is 0. The summed E-state index contributed by atoms with van der Waals surface area (Å²) < 4.78 is 48.1. The highest BCUT2D eigenvalue weighted by atomic mass is 79.9. The molecule has 9 heteroatoms. The normalized spacial score (nSPS) is 27.1. The minimum absolute atomic E-state index is 0.00855. The van der Waals surface area contributed by atoms with Crippen LogP contribution in [0.1, 0.15) is 23.6 Å². The molecule has 0 N–H and O–H groups in total. The molecule has 1 spiro atoms. The molecule has 0 bridgehead atoms. The van der Waals surface area contributed by atoms with Gasteiger partial charge in [0.2, 0.25) is 0 Å². The van der Waals surface area contributed by atoms with E-state index in [0.29, 0.717) is 26.7 Å². The Kier molecular flexibility index (Phi) is 4.07. The van der Waals surface area contributed by atoms with Gasteiger partial charge in [-0.1, -0.05) is 34.1 Å². The van der Waals surface area contributed by atoms with Gasteiger partial charge in [0.15, 0.2) is 6.23 Å². The summed E-state index contributed by atoms with van der Waals surface area (Å²) in [5.41, 5.74) is 1.62. The van der Waals surface area contributed by atoms with E-state index in [1.54, 1.807) is 12.1 Å². The first-order valence-electron chi connectivity index (χ1n) is 9.02. The number of rotatable bonds is 0. The van der Waals surface area contributed by atoms with Crippen molar-refractivity contribution in [3.05, 3.63) is 56.5 Å². The number of alkyl halides is 3. The van der Waals surface area contributed by atoms with Gasteiger partial charge in [0.25, 0.3) is 0 Å². The second-order valence-electron chi connectivity index (χ2n) is 7.59. The van der Waals surface area contributed by atoms with Gasteiger partial charge in [0.05, 0.1) is 15.9 Å². The minimum atomic E-state index is -4.94. The minimum Gasteiger partial charge on any atom is -0.468 e. The fourth-order valence-corrected chi connectivity index (χ4v) is 6.55. The molecule has 0 aromatic heterocycles. The molecule has 3 heterocycles. The number of ether oxygens (including phenoxy) is 1. The standard InChI is InChI=1S/C20H15Br2F3N2O2/c1-26-14-5-3-2-4-12(14)19-6-7-27(17(28)20(23,24)25)16(19)11-8-10(21)9-13(22)15(11)29-18(19)26/h2-5,8-9,16,18H,6-7H2,1H3/t16-,18-,19+/m0/s1. The zero-order valence-corrected chi connectivity index (χ0v) is 18.3. The van der Waals surface area contributed by atoms with Crippen molar-refractivity contribution < 1.29 is 22.7 Å². The Morgan fingerprint density at radius 2 is 1.97 bits per heavy atom. The maximum atomic E-state index is 13.5. The predicted octanol–water partition coefficient (Wildman–Crippen LogP) is 5.15. The molecular formula is C20H15Br2F3N2O2. The number of halogens is 5. The van der Waals surface area contributed by atoms with Gasteiger partial charge in [-0.05, 0) is 46.1 Å². The lowest BCUT2D eigenvalue weighted by Crippen LogP contribution is -2.54. The largest absolute Gasteiger partial charge is 0.471 e. The highest BCUT2D eigenvalue weighted by molar-refractivity contribution is 9.11. The Balaban J connectivity index is 1.79. The van der Waals surface area contributed by atoms with Crippen LogP contribution in [0.25, 0.3) is 0 Å². The number of hydrogen-bond donors (Lipinski definition) is 0. The maximum absolute atomic E-state index is 13.5. The Bertz CT molecular complexity index is 1040. The van der Waals surface area contributed by atoms with E-state index in [2.05, 4.69) is 31.9 Å². The van der Waals surface area contributed by atoms with Crippen LogP contribution >= 0.6 is 31.9 Å². The summed E-state index contributed by atoms with van der Waals surface area (Å²) in [4.78, 5) is 15.3. The van der Waals surface area contributed by atoms with E-state index < -0.39 is 29.8 Å². The van der Waals surface area contributed by atoms with E-state index in [4.69, 9.17) is 4.74 Å².